The smallest absolute Gasteiger partial charge is 0.191 e. The van der Waals surface area contributed by atoms with Crippen LogP contribution in [-0.2, 0) is 5.41 Å². The fourth-order valence-electron chi connectivity index (χ4n) is 2.90. The van der Waals surface area contributed by atoms with Gasteiger partial charge in [-0.25, -0.2) is 0 Å². The van der Waals surface area contributed by atoms with E-state index in [1.165, 1.54) is 24.2 Å². The minimum Gasteiger partial charge on any atom is -0.493 e. The zero-order valence-corrected chi connectivity index (χ0v) is 19.6. The number of thioether (sulfide) groups is 1. The van der Waals surface area contributed by atoms with Crippen LogP contribution in [0.25, 0.3) is 0 Å². The maximum absolute atomic E-state index is 5.43. The van der Waals surface area contributed by atoms with Crippen molar-refractivity contribution < 1.29 is 9.47 Å². The molecule has 5 nitrogen and oxygen atoms in total. The van der Waals surface area contributed by atoms with Crippen LogP contribution in [0.3, 0.4) is 0 Å². The standard InChI is InChI=1S/C19H31N3O2S.HI/c1-19(2,14-8-9-16(23-4)17(11-14)24-5)13-22-18(20-3)21-12-15-7-6-10-25-15;/h8-9,11,15H,6-7,10,12-13H2,1-5H3,(H2,20,21,22);1H. The topological polar surface area (TPSA) is 54.9 Å². The second-order valence-corrected chi connectivity index (χ2v) is 8.30. The Hall–Kier alpha value is -0.830. The highest BCUT2D eigenvalue weighted by atomic mass is 127. The first-order chi connectivity index (χ1) is 12.0. The molecule has 26 heavy (non-hydrogen) atoms. The molecule has 2 rings (SSSR count). The number of nitrogens with one attached hydrogen (secondary N) is 2. The van der Waals surface area contributed by atoms with Crippen molar-refractivity contribution in [1.82, 2.24) is 10.6 Å². The van der Waals surface area contributed by atoms with E-state index in [0.29, 0.717) is 5.25 Å². The van der Waals surface area contributed by atoms with Crippen LogP contribution in [-0.4, -0.2) is 51.3 Å². The molecule has 1 saturated heterocycles. The van der Waals surface area contributed by atoms with Crippen LogP contribution in [0.15, 0.2) is 23.2 Å². The molecular formula is C19H32IN3O2S. The molecule has 1 aliphatic rings. The number of halogens is 1. The van der Waals surface area contributed by atoms with Crippen molar-refractivity contribution >= 4 is 41.7 Å². The average molecular weight is 493 g/mol. The van der Waals surface area contributed by atoms with Crippen molar-refractivity contribution in [3.63, 3.8) is 0 Å². The Morgan fingerprint density at radius 2 is 1.96 bits per heavy atom. The van der Waals surface area contributed by atoms with Gasteiger partial charge >= 0.3 is 0 Å². The summed E-state index contributed by atoms with van der Waals surface area (Å²) < 4.78 is 10.8. The number of rotatable bonds is 7. The summed E-state index contributed by atoms with van der Waals surface area (Å²) in [7, 11) is 5.14. The van der Waals surface area contributed by atoms with Gasteiger partial charge in [0, 0.05) is 30.8 Å². The van der Waals surface area contributed by atoms with Crippen LogP contribution in [0, 0.1) is 0 Å². The lowest BCUT2D eigenvalue weighted by Crippen LogP contribution is -2.45. The van der Waals surface area contributed by atoms with Crippen molar-refractivity contribution in [2.75, 3.05) is 40.1 Å². The number of hydrogen-bond acceptors (Lipinski definition) is 4. The van der Waals surface area contributed by atoms with Crippen molar-refractivity contribution in [3.8, 4) is 11.5 Å². The molecule has 1 aromatic rings. The number of ether oxygens (including phenoxy) is 2. The number of hydrogen-bond donors (Lipinski definition) is 2. The van der Waals surface area contributed by atoms with E-state index in [2.05, 4.69) is 47.3 Å². The Bertz CT molecular complexity index is 590. The minimum atomic E-state index is -0.0702. The van der Waals surface area contributed by atoms with Gasteiger partial charge in [0.05, 0.1) is 14.2 Å². The molecule has 1 unspecified atom stereocenters. The lowest BCUT2D eigenvalue weighted by atomic mass is 9.84. The van der Waals surface area contributed by atoms with Gasteiger partial charge in [0.1, 0.15) is 0 Å². The monoisotopic (exact) mass is 493 g/mol. The normalized spacial score (nSPS) is 17.4. The van der Waals surface area contributed by atoms with Crippen molar-refractivity contribution in [3.05, 3.63) is 23.8 Å². The molecule has 1 fully saturated rings. The first-order valence-corrected chi connectivity index (χ1v) is 9.83. The van der Waals surface area contributed by atoms with E-state index < -0.39 is 0 Å². The van der Waals surface area contributed by atoms with E-state index in [1.807, 2.05) is 19.2 Å². The first kappa shape index (κ1) is 23.2. The zero-order chi connectivity index (χ0) is 18.3. The van der Waals surface area contributed by atoms with Crippen LogP contribution >= 0.6 is 35.7 Å². The summed E-state index contributed by atoms with van der Waals surface area (Å²) in [5, 5.41) is 7.61. The Morgan fingerprint density at radius 1 is 1.23 bits per heavy atom. The van der Waals surface area contributed by atoms with Crippen LogP contribution in [0.2, 0.25) is 0 Å². The molecule has 148 valence electrons. The lowest BCUT2D eigenvalue weighted by Gasteiger charge is -2.27. The van der Waals surface area contributed by atoms with Gasteiger partial charge in [0.2, 0.25) is 0 Å². The van der Waals surface area contributed by atoms with Gasteiger partial charge in [-0.05, 0) is 36.3 Å². The molecule has 7 heteroatoms. The Labute approximate surface area is 179 Å². The molecule has 0 amide bonds. The third-order valence-corrected chi connectivity index (χ3v) is 6.01. The number of guanidine groups is 1. The molecule has 0 radical (unpaired) electrons. The molecule has 0 saturated carbocycles. The maximum atomic E-state index is 5.43. The number of methoxy groups -OCH3 is 2. The van der Waals surface area contributed by atoms with Gasteiger partial charge in [-0.3, -0.25) is 4.99 Å². The molecule has 1 aromatic carbocycles. The summed E-state index contributed by atoms with van der Waals surface area (Å²) in [6.45, 7) is 6.17. The quantitative estimate of drug-likeness (QED) is 0.345. The maximum Gasteiger partial charge on any atom is 0.191 e. The highest BCUT2D eigenvalue weighted by Crippen LogP contribution is 2.32. The van der Waals surface area contributed by atoms with Crippen molar-refractivity contribution in [1.29, 1.82) is 0 Å². The van der Waals surface area contributed by atoms with Gasteiger partial charge in [-0.1, -0.05) is 19.9 Å². The predicted octanol–water partition coefficient (Wildman–Crippen LogP) is 3.66. The highest BCUT2D eigenvalue weighted by Gasteiger charge is 2.23. The summed E-state index contributed by atoms with van der Waals surface area (Å²) >= 11 is 2.05. The largest absolute Gasteiger partial charge is 0.493 e. The molecule has 1 aliphatic heterocycles. The van der Waals surface area contributed by atoms with E-state index in [9.17, 15) is 0 Å². The number of benzene rings is 1. The Balaban J connectivity index is 0.00000338. The second kappa shape index (κ2) is 11.1. The summed E-state index contributed by atoms with van der Waals surface area (Å²) in [5.74, 6) is 3.65. The van der Waals surface area contributed by atoms with E-state index >= 15 is 0 Å². The van der Waals surface area contributed by atoms with Gasteiger partial charge in [0.15, 0.2) is 17.5 Å². The highest BCUT2D eigenvalue weighted by molar-refractivity contribution is 14.0. The first-order valence-electron chi connectivity index (χ1n) is 8.79. The fraction of sp³-hybridized carbons (Fsp3) is 0.632. The molecule has 1 atom stereocenters. The Kier molecular flexibility index (Phi) is 9.92. The van der Waals surface area contributed by atoms with Crippen LogP contribution in [0.4, 0.5) is 0 Å². The summed E-state index contributed by atoms with van der Waals surface area (Å²) in [4.78, 5) is 4.35. The van der Waals surface area contributed by atoms with Gasteiger partial charge in [-0.2, -0.15) is 11.8 Å². The van der Waals surface area contributed by atoms with Crippen LogP contribution < -0.4 is 20.1 Å². The van der Waals surface area contributed by atoms with Crippen molar-refractivity contribution in [2.24, 2.45) is 4.99 Å². The Morgan fingerprint density at radius 3 is 2.54 bits per heavy atom. The SMILES string of the molecule is CN=C(NCC1CCCS1)NCC(C)(C)c1ccc(OC)c(OC)c1.I. The summed E-state index contributed by atoms with van der Waals surface area (Å²) in [6.07, 6.45) is 2.63. The number of nitrogens with zero attached hydrogens (tertiary/aromatic N) is 1. The third kappa shape index (κ3) is 6.40. The average Bonchev–Trinajstić information content (AvgIpc) is 3.14. The second-order valence-electron chi connectivity index (χ2n) is 6.90. The molecule has 1 heterocycles. The van der Waals surface area contributed by atoms with Crippen molar-refractivity contribution in [2.45, 2.75) is 37.4 Å². The number of aliphatic imine (C=N–C) groups is 1. The van der Waals surface area contributed by atoms with E-state index in [0.717, 1.165) is 30.5 Å². The fourth-order valence-corrected chi connectivity index (χ4v) is 4.10. The van der Waals surface area contributed by atoms with Gasteiger partial charge in [0.25, 0.3) is 0 Å². The molecular weight excluding hydrogens is 461 g/mol. The summed E-state index contributed by atoms with van der Waals surface area (Å²) in [5.41, 5.74) is 1.12. The van der Waals surface area contributed by atoms with E-state index in [4.69, 9.17) is 9.47 Å². The summed E-state index contributed by atoms with van der Waals surface area (Å²) in [6, 6.07) is 6.10. The van der Waals surface area contributed by atoms with E-state index in [1.54, 1.807) is 14.2 Å². The molecule has 0 spiro atoms. The van der Waals surface area contributed by atoms with Gasteiger partial charge < -0.3 is 20.1 Å². The molecule has 2 N–H and O–H groups in total. The minimum absolute atomic E-state index is 0. The van der Waals surface area contributed by atoms with Crippen LogP contribution in [0.1, 0.15) is 32.3 Å². The lowest BCUT2D eigenvalue weighted by molar-refractivity contribution is 0.353. The molecule has 0 aliphatic carbocycles. The van der Waals surface area contributed by atoms with Crippen LogP contribution in [0.5, 0.6) is 11.5 Å². The zero-order valence-electron chi connectivity index (χ0n) is 16.4. The predicted molar refractivity (Wildman–Crippen MR) is 123 cm³/mol. The molecule has 0 aromatic heterocycles. The molecule has 0 bridgehead atoms. The van der Waals surface area contributed by atoms with Gasteiger partial charge in [-0.15, -0.1) is 24.0 Å². The third-order valence-electron chi connectivity index (χ3n) is 4.61. The van der Waals surface area contributed by atoms with E-state index in [-0.39, 0.29) is 29.4 Å².